The maximum atomic E-state index is 14.5. The number of hydrogen-bond acceptors (Lipinski definition) is 16. The first-order valence-electron chi connectivity index (χ1n) is 54.5. The number of fused-ring (bicyclic) bond motifs is 24. The molecular formula is C132H136N8O8-8. The summed E-state index contributed by atoms with van der Waals surface area (Å²) in [6, 6.07) is 85.3. The second kappa shape index (κ2) is 34.6. The van der Waals surface area contributed by atoms with Gasteiger partial charge in [-0.25, -0.2) is 0 Å². The first kappa shape index (κ1) is 96.5. The summed E-state index contributed by atoms with van der Waals surface area (Å²) in [7, 11) is 0. The number of hydrogen-bond donors (Lipinski definition) is 4. The molecule has 4 saturated heterocycles. The molecular weight excluding hydrogens is 1830 g/mol. The highest BCUT2D eigenvalue weighted by molar-refractivity contribution is 5.98. The quantitative estimate of drug-likeness (QED) is 0.120. The molecule has 16 heteroatoms. The van der Waals surface area contributed by atoms with Gasteiger partial charge in [0.05, 0.1) is 48.3 Å². The van der Waals surface area contributed by atoms with Gasteiger partial charge in [0, 0.05) is 115 Å². The second-order valence-electron chi connectivity index (χ2n) is 49.6. The summed E-state index contributed by atoms with van der Waals surface area (Å²) in [4.78, 5) is 9.99. The van der Waals surface area contributed by atoms with Crippen molar-refractivity contribution in [3.05, 3.63) is 378 Å². The Hall–Kier alpha value is -12.3. The average molecular weight is 1960 g/mol. The molecule has 16 aliphatic rings. The zero-order chi connectivity index (χ0) is 103. The smallest absolute Gasteiger partial charge is 0.0596 e. The Bertz CT molecular complexity index is 7300. The second-order valence-corrected chi connectivity index (χ2v) is 49.6. The molecule has 0 radical (unpaired) electrons. The van der Waals surface area contributed by atoms with Gasteiger partial charge in [0.15, 0.2) is 0 Å². The molecule has 0 spiro atoms. The van der Waals surface area contributed by atoms with Gasteiger partial charge in [-0.15, -0.1) is 0 Å². The largest absolute Gasteiger partial charge is 0.846 e. The summed E-state index contributed by atoms with van der Waals surface area (Å²) in [5, 5.41) is 134. The molecule has 28 rings (SSSR count). The van der Waals surface area contributed by atoms with Crippen molar-refractivity contribution in [1.82, 2.24) is 0 Å². The Kier molecular flexibility index (Phi) is 22.6. The minimum Gasteiger partial charge on any atom is -0.846 e. The van der Waals surface area contributed by atoms with Crippen molar-refractivity contribution in [3.63, 3.8) is 0 Å². The monoisotopic (exact) mass is 1960 g/mol. The molecule has 4 N–H and O–H groups in total. The van der Waals surface area contributed by atoms with Crippen molar-refractivity contribution >= 4 is 88.6 Å². The van der Waals surface area contributed by atoms with E-state index in [1.54, 1.807) is 0 Å². The van der Waals surface area contributed by atoms with Crippen molar-refractivity contribution in [2.45, 2.75) is 303 Å². The fourth-order valence-electron chi connectivity index (χ4n) is 31.1. The zero-order valence-electron chi connectivity index (χ0n) is 88.2. The van der Waals surface area contributed by atoms with Crippen LogP contribution in [0.5, 0.6) is 0 Å². The van der Waals surface area contributed by atoms with Gasteiger partial charge in [-0.3, -0.25) is 0 Å². The van der Waals surface area contributed by atoms with Gasteiger partial charge in [-0.1, -0.05) is 423 Å². The summed E-state index contributed by atoms with van der Waals surface area (Å²) in [6.45, 7) is 39.8. The summed E-state index contributed by atoms with van der Waals surface area (Å²) in [6.07, 6.45) is 6.81. The average Bonchev–Trinajstić information content (AvgIpc) is 1.51. The normalized spacial score (nSPS) is 28.9. The Morgan fingerprint density at radius 1 is 0.223 bits per heavy atom. The van der Waals surface area contributed by atoms with E-state index >= 15 is 0 Å². The molecule has 12 aliphatic heterocycles. The van der Waals surface area contributed by atoms with E-state index in [9.17, 15) is 40.9 Å². The molecule has 12 heterocycles. The fraction of sp³-hybridized carbons (Fsp3) is 0.394. The summed E-state index contributed by atoms with van der Waals surface area (Å²) < 4.78 is 0. The molecule has 148 heavy (non-hydrogen) atoms. The summed E-state index contributed by atoms with van der Waals surface area (Å²) in [5.74, 6) is 0. The minimum atomic E-state index is -1.09. The predicted octanol–water partition coefficient (Wildman–Crippen LogP) is 18.3. The van der Waals surface area contributed by atoms with E-state index in [1.807, 2.05) is 48.6 Å². The number of rotatable bonds is 4. The third-order valence-corrected chi connectivity index (χ3v) is 38.6. The van der Waals surface area contributed by atoms with Crippen molar-refractivity contribution in [3.8, 4) is 0 Å². The highest BCUT2D eigenvalue weighted by atomic mass is 16.3. The van der Waals surface area contributed by atoms with Crippen molar-refractivity contribution in [2.24, 2.45) is 0 Å². The molecule has 8 fully saturated rings. The van der Waals surface area contributed by atoms with Crippen LogP contribution in [0.25, 0.3) is 43.1 Å². The molecule has 4 saturated carbocycles. The Balaban J connectivity index is 0.000000103. The lowest BCUT2D eigenvalue weighted by molar-refractivity contribution is -0.465. The Morgan fingerprint density at radius 2 is 0.466 bits per heavy atom. The first-order valence-corrected chi connectivity index (χ1v) is 54.5. The molecule has 8 unspecified atom stereocenters. The van der Waals surface area contributed by atoms with E-state index in [0.717, 1.165) is 123 Å². The van der Waals surface area contributed by atoms with Crippen LogP contribution in [0, 0.1) is 0 Å². The van der Waals surface area contributed by atoms with Crippen molar-refractivity contribution in [2.75, 3.05) is 67.0 Å². The highest BCUT2D eigenvalue weighted by Crippen LogP contribution is 2.62. The van der Waals surface area contributed by atoms with Crippen LogP contribution >= 0.6 is 0 Å². The lowest BCUT2D eigenvalue weighted by Crippen LogP contribution is -2.61. The van der Waals surface area contributed by atoms with Crippen LogP contribution < -0.4 is 81.7 Å². The number of piperidine rings is 4. The van der Waals surface area contributed by atoms with Gasteiger partial charge in [0.2, 0.25) is 0 Å². The van der Waals surface area contributed by atoms with Gasteiger partial charge in [0.25, 0.3) is 0 Å². The van der Waals surface area contributed by atoms with Gasteiger partial charge in [-0.05, 0) is 210 Å². The molecule has 4 aliphatic carbocycles. The molecule has 12 aromatic rings. The van der Waals surface area contributed by atoms with Crippen LogP contribution in [0.2, 0.25) is 0 Å². The van der Waals surface area contributed by atoms with E-state index in [2.05, 4.69) is 370 Å². The SMILES string of the molecule is CC1(C)c2c(ccc3ccccc23)N2CCCC(=C3C([O-])C(=C4CCCN5c6ccc7ccccc7c6C(C)(C)C45)C3[O-])C21.CC1(C)c2c(ccc3ccccc23)NC1C=C1C([O-])C(=CC2Nc3ccc4ccccc4c3C2(C)C)C1[O-].CC1(C)c2ccccc2N2CCCC(=C3C([O-])C(=C4CCCN5c6ccccc6C(C)(C)C45)C3[O-])C21.CC1(C)c2ccccc2NC1C=C1C([O-])C(=CC2Nc3ccccc3C2(C)C)C1[O-]. The molecule has 16 nitrogen and oxygen atoms in total. The maximum absolute atomic E-state index is 14.5. The number of nitrogens with one attached hydrogen (secondary N) is 4. The standard InChI is InChI=1S/C40H40N2O2.C34H32N2O2.C32H36N2O2.C26H28N2O2/c1-39(2)33-25-13-7-5-11-23(25)17-19-29(33)41-21-9-15-27(37(39)41)31-35(43)32(36(31)44)28-16-10-22-42-30-20-18-24-12-6-8-14-26(24)34(30)40(3,4)38(28)42;1-33(2)27(35-25-15-13-19-9-5-7-11-21(19)29(25)33)17-23-31(37)24(32(23)38)18-28-34(3,4)30-22-12-8-6-10-20(22)14-16-26(30)36-28;1-31(2)21-13-5-7-15-23(21)33-17-9-11-19(29(31)33)25-27(35)26(28(25)36)20-12-10-18-34-24-16-8-6-14-22(24)32(3,4)30(20)34;1-25(2)17-9-5-7-11-19(17)27-21(25)13-15-23(29)16(24(15)30)14-22-26(3,4)18-10-6-8-12-20(18)28-22/h5-8,11-14,17-20,35-38H,9-10,15-16,21-22H2,1-4H3;5-18,27-28,31-32,35-36H,1-4H3;5-8,13-16,27-30H,9-12,17-18H2,1-4H3;5-14,21-24,27-28H,1-4H3/q4*-2. The molecule has 760 valence electrons. The molecule has 0 amide bonds. The van der Waals surface area contributed by atoms with E-state index in [0.29, 0.717) is 44.6 Å². The minimum absolute atomic E-state index is 0.0512. The van der Waals surface area contributed by atoms with Crippen molar-refractivity contribution in [1.29, 1.82) is 0 Å². The summed E-state index contributed by atoms with van der Waals surface area (Å²) >= 11 is 0. The third kappa shape index (κ3) is 14.2. The van der Waals surface area contributed by atoms with Crippen LogP contribution in [0.15, 0.2) is 334 Å². The predicted molar refractivity (Wildman–Crippen MR) is 588 cm³/mol. The van der Waals surface area contributed by atoms with Crippen LogP contribution in [-0.2, 0) is 43.3 Å². The van der Waals surface area contributed by atoms with Gasteiger partial charge < -0.3 is 81.7 Å². The van der Waals surface area contributed by atoms with Crippen molar-refractivity contribution < 1.29 is 40.9 Å². The van der Waals surface area contributed by atoms with Gasteiger partial charge in [-0.2, -0.15) is 0 Å². The molecule has 0 bridgehead atoms. The van der Waals surface area contributed by atoms with E-state index < -0.39 is 48.8 Å². The maximum Gasteiger partial charge on any atom is 0.0596 e. The number of benzene rings is 12. The highest BCUT2D eigenvalue weighted by Gasteiger charge is 2.57. The van der Waals surface area contributed by atoms with Gasteiger partial charge >= 0.3 is 0 Å². The zero-order valence-corrected chi connectivity index (χ0v) is 88.2. The number of para-hydroxylation sites is 4. The number of anilines is 8. The number of nitrogens with zero attached hydrogens (tertiary/aromatic N) is 4. The molecule has 8 atom stereocenters. The van der Waals surface area contributed by atoms with Crippen LogP contribution in [-0.4, -0.2) is 123 Å². The van der Waals surface area contributed by atoms with E-state index in [4.69, 9.17) is 0 Å². The molecule has 0 aromatic heterocycles. The molecule has 12 aromatic carbocycles. The van der Waals surface area contributed by atoms with E-state index in [-0.39, 0.29) is 91.7 Å². The third-order valence-electron chi connectivity index (χ3n) is 38.6. The summed E-state index contributed by atoms with van der Waals surface area (Å²) in [5.41, 5.74) is 27.4. The lowest BCUT2D eigenvalue weighted by Gasteiger charge is -2.58. The topological polar surface area (TPSA) is 246 Å². The van der Waals surface area contributed by atoms with E-state index in [1.165, 1.54) is 110 Å². The van der Waals surface area contributed by atoms with Crippen LogP contribution in [0.1, 0.15) is 207 Å². The van der Waals surface area contributed by atoms with Gasteiger partial charge in [0.1, 0.15) is 0 Å². The Labute approximate surface area is 871 Å². The Morgan fingerprint density at radius 3 is 0.777 bits per heavy atom. The fourth-order valence-corrected chi connectivity index (χ4v) is 31.1. The van der Waals surface area contributed by atoms with Crippen LogP contribution in [0.3, 0.4) is 0 Å². The first-order chi connectivity index (χ1) is 70.8. The lowest BCUT2D eigenvalue weighted by atomic mass is 9.64. The van der Waals surface area contributed by atoms with Crippen LogP contribution in [0.4, 0.5) is 45.5 Å².